The van der Waals surface area contributed by atoms with Gasteiger partial charge in [-0.1, -0.05) is 6.42 Å². The third-order valence-corrected chi connectivity index (χ3v) is 4.83. The van der Waals surface area contributed by atoms with Gasteiger partial charge in [-0.05, 0) is 33.7 Å². The molecule has 0 amide bonds. The molecular formula is C12H27N3O3S. The number of rotatable bonds is 8. The van der Waals surface area contributed by atoms with E-state index in [1.165, 1.54) is 0 Å². The lowest BCUT2D eigenvalue weighted by atomic mass is 10.1. The summed E-state index contributed by atoms with van der Waals surface area (Å²) in [7, 11) is -1.54. The van der Waals surface area contributed by atoms with Crippen LogP contribution in [0.5, 0.6) is 0 Å². The zero-order valence-corrected chi connectivity index (χ0v) is 13.0. The van der Waals surface area contributed by atoms with Gasteiger partial charge in [0, 0.05) is 25.7 Å². The van der Waals surface area contributed by atoms with E-state index in [0.717, 1.165) is 19.3 Å². The third kappa shape index (κ3) is 5.74. The van der Waals surface area contributed by atoms with Crippen molar-refractivity contribution < 1.29 is 13.2 Å². The second-order valence-corrected chi connectivity index (χ2v) is 6.84. The Labute approximate surface area is 117 Å². The van der Waals surface area contributed by atoms with Crippen LogP contribution in [0.25, 0.3) is 0 Å². The van der Waals surface area contributed by atoms with E-state index in [2.05, 4.69) is 10.0 Å². The summed E-state index contributed by atoms with van der Waals surface area (Å²) in [4.78, 5) is 0. The number of ether oxygens (including phenoxy) is 1. The van der Waals surface area contributed by atoms with Gasteiger partial charge in [-0.2, -0.15) is 17.4 Å². The van der Waals surface area contributed by atoms with Crippen molar-refractivity contribution in [3.05, 3.63) is 0 Å². The molecule has 114 valence electrons. The van der Waals surface area contributed by atoms with Crippen molar-refractivity contribution in [3.63, 3.8) is 0 Å². The maximum atomic E-state index is 12.2. The fourth-order valence-corrected chi connectivity index (χ4v) is 3.73. The zero-order chi connectivity index (χ0) is 14.3. The number of likely N-dealkylation sites (N-methyl/N-ethyl adjacent to an activating group) is 1. The lowest BCUT2D eigenvalue weighted by Crippen LogP contribution is -2.52. The Balaban J connectivity index is 2.49. The summed E-state index contributed by atoms with van der Waals surface area (Å²) in [6.07, 6.45) is 3.07. The van der Waals surface area contributed by atoms with Crippen molar-refractivity contribution >= 4 is 10.2 Å². The van der Waals surface area contributed by atoms with Crippen molar-refractivity contribution in [1.82, 2.24) is 14.3 Å². The standard InChI is InChI=1S/C12H27N3O3S/c1-11(2)18-9-7-14-19(16,17)15-8-5-4-6-12(15)10-13-3/h11-14H,4-10H2,1-3H3. The fourth-order valence-electron chi connectivity index (χ4n) is 2.28. The van der Waals surface area contributed by atoms with Gasteiger partial charge in [-0.3, -0.25) is 0 Å². The highest BCUT2D eigenvalue weighted by Crippen LogP contribution is 2.19. The highest BCUT2D eigenvalue weighted by Gasteiger charge is 2.31. The van der Waals surface area contributed by atoms with Crippen LogP contribution in [0.4, 0.5) is 0 Å². The van der Waals surface area contributed by atoms with Gasteiger partial charge in [0.1, 0.15) is 0 Å². The predicted octanol–water partition coefficient (Wildman–Crippen LogP) is 0.320. The zero-order valence-electron chi connectivity index (χ0n) is 12.2. The molecule has 1 fully saturated rings. The molecule has 19 heavy (non-hydrogen) atoms. The van der Waals surface area contributed by atoms with Crippen LogP contribution in [-0.4, -0.2) is 58.2 Å². The second kappa shape index (κ2) is 8.16. The molecule has 1 rings (SSSR count). The van der Waals surface area contributed by atoms with Gasteiger partial charge in [0.2, 0.25) is 0 Å². The lowest BCUT2D eigenvalue weighted by molar-refractivity contribution is 0.0830. The number of piperidine rings is 1. The van der Waals surface area contributed by atoms with Crippen LogP contribution in [0.2, 0.25) is 0 Å². The molecule has 1 atom stereocenters. The van der Waals surface area contributed by atoms with E-state index in [1.807, 2.05) is 20.9 Å². The van der Waals surface area contributed by atoms with Crippen molar-refractivity contribution in [2.75, 3.05) is 33.3 Å². The first-order valence-corrected chi connectivity index (χ1v) is 8.44. The molecule has 0 aliphatic carbocycles. The Morgan fingerprint density at radius 3 is 2.74 bits per heavy atom. The summed E-state index contributed by atoms with van der Waals surface area (Å²) in [6.45, 7) is 5.89. The largest absolute Gasteiger partial charge is 0.377 e. The molecule has 0 aromatic carbocycles. The molecule has 0 spiro atoms. The molecule has 1 aliphatic rings. The average Bonchev–Trinajstić information content (AvgIpc) is 2.35. The lowest BCUT2D eigenvalue weighted by Gasteiger charge is -2.34. The van der Waals surface area contributed by atoms with E-state index in [-0.39, 0.29) is 12.1 Å². The van der Waals surface area contributed by atoms with Crippen LogP contribution in [-0.2, 0) is 14.9 Å². The highest BCUT2D eigenvalue weighted by atomic mass is 32.2. The van der Waals surface area contributed by atoms with Gasteiger partial charge in [-0.25, -0.2) is 0 Å². The first-order chi connectivity index (χ1) is 8.97. The summed E-state index contributed by atoms with van der Waals surface area (Å²) in [5.74, 6) is 0. The summed E-state index contributed by atoms with van der Waals surface area (Å²) < 4.78 is 34.0. The van der Waals surface area contributed by atoms with Crippen LogP contribution in [0.15, 0.2) is 0 Å². The number of hydrogen-bond donors (Lipinski definition) is 2. The number of nitrogens with zero attached hydrogens (tertiary/aromatic N) is 1. The minimum atomic E-state index is -3.39. The molecule has 7 heteroatoms. The quantitative estimate of drug-likeness (QED) is 0.632. The molecular weight excluding hydrogens is 266 g/mol. The van der Waals surface area contributed by atoms with E-state index >= 15 is 0 Å². The molecule has 1 unspecified atom stereocenters. The average molecular weight is 293 g/mol. The molecule has 0 aromatic rings. The topological polar surface area (TPSA) is 70.7 Å². The maximum absolute atomic E-state index is 12.2. The Kier molecular flexibility index (Phi) is 7.23. The molecule has 0 radical (unpaired) electrons. The SMILES string of the molecule is CNCC1CCCCN1S(=O)(=O)NCCOC(C)C. The smallest absolute Gasteiger partial charge is 0.279 e. The molecule has 0 bridgehead atoms. The minimum Gasteiger partial charge on any atom is -0.377 e. The van der Waals surface area contributed by atoms with Gasteiger partial charge in [0.05, 0.1) is 12.7 Å². The predicted molar refractivity (Wildman–Crippen MR) is 76.3 cm³/mol. The molecule has 1 aliphatic heterocycles. The van der Waals surface area contributed by atoms with Gasteiger partial charge in [0.15, 0.2) is 0 Å². The summed E-state index contributed by atoms with van der Waals surface area (Å²) in [6, 6.07) is 0.0577. The van der Waals surface area contributed by atoms with Crippen LogP contribution in [0.1, 0.15) is 33.1 Å². The number of hydrogen-bond acceptors (Lipinski definition) is 4. The van der Waals surface area contributed by atoms with Crippen LogP contribution >= 0.6 is 0 Å². The van der Waals surface area contributed by atoms with Gasteiger partial charge < -0.3 is 10.1 Å². The molecule has 0 aromatic heterocycles. The van der Waals surface area contributed by atoms with E-state index in [4.69, 9.17) is 4.74 Å². The van der Waals surface area contributed by atoms with Gasteiger partial charge in [-0.15, -0.1) is 0 Å². The van der Waals surface area contributed by atoms with Crippen molar-refractivity contribution in [2.24, 2.45) is 0 Å². The van der Waals surface area contributed by atoms with E-state index in [1.54, 1.807) is 4.31 Å². The fraction of sp³-hybridized carbons (Fsp3) is 1.00. The van der Waals surface area contributed by atoms with E-state index in [0.29, 0.717) is 26.2 Å². The van der Waals surface area contributed by atoms with Gasteiger partial charge >= 0.3 is 0 Å². The number of nitrogens with one attached hydrogen (secondary N) is 2. The Hall–Kier alpha value is -0.210. The summed E-state index contributed by atoms with van der Waals surface area (Å²) in [5.41, 5.74) is 0. The second-order valence-electron chi connectivity index (χ2n) is 5.14. The molecule has 6 nitrogen and oxygen atoms in total. The first-order valence-electron chi connectivity index (χ1n) is 7.00. The molecule has 2 N–H and O–H groups in total. The van der Waals surface area contributed by atoms with E-state index < -0.39 is 10.2 Å². The minimum absolute atomic E-state index is 0.0577. The molecule has 1 heterocycles. The molecule has 0 saturated carbocycles. The van der Waals surface area contributed by atoms with E-state index in [9.17, 15) is 8.42 Å². The maximum Gasteiger partial charge on any atom is 0.279 e. The van der Waals surface area contributed by atoms with Crippen molar-refractivity contribution in [2.45, 2.75) is 45.3 Å². The van der Waals surface area contributed by atoms with Gasteiger partial charge in [0.25, 0.3) is 10.2 Å². The summed E-state index contributed by atoms with van der Waals surface area (Å²) >= 11 is 0. The van der Waals surface area contributed by atoms with Crippen LogP contribution < -0.4 is 10.0 Å². The first kappa shape index (κ1) is 16.8. The van der Waals surface area contributed by atoms with Crippen molar-refractivity contribution in [1.29, 1.82) is 0 Å². The Bertz CT molecular complexity index is 344. The third-order valence-electron chi connectivity index (χ3n) is 3.16. The normalized spacial score (nSPS) is 22.0. The van der Waals surface area contributed by atoms with Crippen LogP contribution in [0.3, 0.4) is 0 Å². The monoisotopic (exact) mass is 293 g/mol. The highest BCUT2D eigenvalue weighted by molar-refractivity contribution is 7.87. The Morgan fingerprint density at radius 2 is 2.11 bits per heavy atom. The summed E-state index contributed by atoms with van der Waals surface area (Å²) in [5, 5.41) is 3.06. The van der Waals surface area contributed by atoms with Crippen molar-refractivity contribution in [3.8, 4) is 0 Å². The van der Waals surface area contributed by atoms with Crippen LogP contribution in [0, 0.1) is 0 Å². The molecule has 1 saturated heterocycles. The Morgan fingerprint density at radius 1 is 1.37 bits per heavy atom.